The number of carbonyl (C=O) groups excluding carboxylic acids is 1. The molecule has 13 heteroatoms. The molecular formula is C20H19F3N4O5S. The van der Waals surface area contributed by atoms with Gasteiger partial charge in [0.25, 0.3) is 0 Å². The van der Waals surface area contributed by atoms with Crippen molar-refractivity contribution in [1.82, 2.24) is 19.6 Å². The molecule has 0 aliphatic carbocycles. The number of aromatic nitrogens is 4. The average molecular weight is 484 g/mol. The fourth-order valence-corrected chi connectivity index (χ4v) is 4.62. The quantitative estimate of drug-likeness (QED) is 0.552. The molecule has 0 aliphatic rings. The van der Waals surface area contributed by atoms with Crippen molar-refractivity contribution in [2.45, 2.75) is 24.9 Å². The van der Waals surface area contributed by atoms with Crippen LogP contribution in [0.3, 0.4) is 0 Å². The van der Waals surface area contributed by atoms with Crippen molar-refractivity contribution in [3.05, 3.63) is 51.8 Å². The summed E-state index contributed by atoms with van der Waals surface area (Å²) in [5, 5.41) is 17.9. The Bertz CT molecular complexity index is 1420. The molecule has 33 heavy (non-hydrogen) atoms. The minimum absolute atomic E-state index is 0.0392. The lowest BCUT2D eigenvalue weighted by Gasteiger charge is -2.13. The van der Waals surface area contributed by atoms with E-state index in [0.29, 0.717) is 18.4 Å². The van der Waals surface area contributed by atoms with Gasteiger partial charge < -0.3 is 5.11 Å². The number of carboxylic acid groups (broad SMARTS) is 1. The van der Waals surface area contributed by atoms with E-state index in [1.54, 1.807) is 0 Å². The summed E-state index contributed by atoms with van der Waals surface area (Å²) in [5.41, 5.74) is -1.66. The topological polar surface area (TPSA) is 124 Å². The predicted molar refractivity (Wildman–Crippen MR) is 110 cm³/mol. The zero-order valence-electron chi connectivity index (χ0n) is 18.1. The van der Waals surface area contributed by atoms with Gasteiger partial charge in [-0.1, -0.05) is 0 Å². The molecule has 3 rings (SSSR count). The summed E-state index contributed by atoms with van der Waals surface area (Å²) in [6.45, 7) is 2.92. The highest BCUT2D eigenvalue weighted by Crippen LogP contribution is 2.35. The molecule has 2 heterocycles. The summed E-state index contributed by atoms with van der Waals surface area (Å²) < 4.78 is 66.6. The number of aromatic carboxylic acids is 1. The van der Waals surface area contributed by atoms with Crippen LogP contribution in [0, 0.1) is 13.8 Å². The molecule has 0 aliphatic heterocycles. The van der Waals surface area contributed by atoms with Gasteiger partial charge in [0.2, 0.25) is 0 Å². The van der Waals surface area contributed by atoms with E-state index in [4.69, 9.17) is 0 Å². The number of halogens is 3. The van der Waals surface area contributed by atoms with E-state index in [1.165, 1.54) is 37.3 Å². The Morgan fingerprint density at radius 2 is 1.45 bits per heavy atom. The van der Waals surface area contributed by atoms with Gasteiger partial charge >= 0.3 is 12.1 Å². The van der Waals surface area contributed by atoms with Gasteiger partial charge in [-0.05, 0) is 32.0 Å². The van der Waals surface area contributed by atoms with Crippen molar-refractivity contribution in [3.8, 4) is 11.4 Å². The molecule has 2 aromatic heterocycles. The van der Waals surface area contributed by atoms with Crippen molar-refractivity contribution < 1.29 is 36.3 Å². The molecule has 0 unspecified atom stereocenters. The van der Waals surface area contributed by atoms with Crippen LogP contribution in [-0.4, -0.2) is 51.1 Å². The number of benzene rings is 1. The largest absolute Gasteiger partial charge is 0.478 e. The second-order valence-electron chi connectivity index (χ2n) is 7.48. The van der Waals surface area contributed by atoms with Gasteiger partial charge in [-0.25, -0.2) is 13.2 Å². The summed E-state index contributed by atoms with van der Waals surface area (Å²) >= 11 is 0. The van der Waals surface area contributed by atoms with Gasteiger partial charge in [0.1, 0.15) is 11.3 Å². The van der Waals surface area contributed by atoms with Crippen LogP contribution >= 0.6 is 0 Å². The number of carboxylic acids is 1. The molecule has 0 radical (unpaired) electrons. The monoisotopic (exact) mass is 484 g/mol. The van der Waals surface area contributed by atoms with Crippen LogP contribution in [0.15, 0.2) is 23.1 Å². The third-order valence-electron chi connectivity index (χ3n) is 5.06. The van der Waals surface area contributed by atoms with Gasteiger partial charge in [0.05, 0.1) is 33.1 Å². The molecular weight excluding hydrogens is 465 g/mol. The summed E-state index contributed by atoms with van der Waals surface area (Å²) in [7, 11) is -1.32. The minimum atomic E-state index is -4.82. The number of ketones is 1. The fraction of sp³-hybridized carbons (Fsp3) is 0.300. The average Bonchev–Trinajstić information content (AvgIpc) is 3.12. The van der Waals surface area contributed by atoms with Gasteiger partial charge in [0, 0.05) is 25.9 Å². The molecule has 0 amide bonds. The first kappa shape index (κ1) is 24.2. The first-order chi connectivity index (χ1) is 15.1. The lowest BCUT2D eigenvalue weighted by molar-refractivity contribution is -0.137. The SMILES string of the molecule is Cc1nn(C)c(-c2c(C(=O)c3ccc(C(F)(F)F)cc3S(C)(=O)=O)c(C)nn2C)c1C(=O)O. The first-order valence-corrected chi connectivity index (χ1v) is 11.2. The molecule has 1 aromatic carbocycles. The lowest BCUT2D eigenvalue weighted by Crippen LogP contribution is -2.15. The molecule has 9 nitrogen and oxygen atoms in total. The van der Waals surface area contributed by atoms with Crippen molar-refractivity contribution in [2.24, 2.45) is 14.1 Å². The molecule has 3 aromatic rings. The van der Waals surface area contributed by atoms with Crippen LogP contribution < -0.4 is 0 Å². The highest BCUT2D eigenvalue weighted by Gasteiger charge is 2.35. The van der Waals surface area contributed by atoms with E-state index in [0.717, 1.165) is 6.07 Å². The van der Waals surface area contributed by atoms with Crippen LogP contribution in [0.5, 0.6) is 0 Å². The van der Waals surface area contributed by atoms with Crippen LogP contribution in [0.4, 0.5) is 13.2 Å². The van der Waals surface area contributed by atoms with Crippen molar-refractivity contribution in [2.75, 3.05) is 6.26 Å². The standard InChI is InChI=1S/C20H19F3N4O5S/c1-9-14(16(26(3)24-9)17-15(19(29)30)10(2)25-27(17)4)18(28)12-7-6-11(20(21,22)23)8-13(12)33(5,31)32/h6-8H,1-5H3,(H,29,30). The minimum Gasteiger partial charge on any atom is -0.478 e. The highest BCUT2D eigenvalue weighted by atomic mass is 32.2. The number of nitrogens with zero attached hydrogens (tertiary/aromatic N) is 4. The third-order valence-corrected chi connectivity index (χ3v) is 6.20. The predicted octanol–water partition coefficient (Wildman–Crippen LogP) is 2.79. The van der Waals surface area contributed by atoms with Gasteiger partial charge in [0.15, 0.2) is 15.6 Å². The number of rotatable bonds is 5. The molecule has 1 N–H and O–H groups in total. The summed E-state index contributed by atoms with van der Waals surface area (Å²) in [6.07, 6.45) is -4.12. The van der Waals surface area contributed by atoms with Crippen molar-refractivity contribution in [3.63, 3.8) is 0 Å². The summed E-state index contributed by atoms with van der Waals surface area (Å²) in [6, 6.07) is 1.82. The Kier molecular flexibility index (Phi) is 5.73. The van der Waals surface area contributed by atoms with Gasteiger partial charge in [-0.3, -0.25) is 14.2 Å². The van der Waals surface area contributed by atoms with Crippen molar-refractivity contribution >= 4 is 21.6 Å². The third kappa shape index (κ3) is 4.15. The lowest BCUT2D eigenvalue weighted by atomic mass is 9.97. The van der Waals surface area contributed by atoms with E-state index >= 15 is 0 Å². The Hall–Kier alpha value is -3.48. The maximum atomic E-state index is 13.5. The number of aryl methyl sites for hydroxylation is 4. The second kappa shape index (κ2) is 7.83. The first-order valence-electron chi connectivity index (χ1n) is 9.32. The molecule has 0 saturated carbocycles. The zero-order chi connectivity index (χ0) is 25.0. The number of hydrogen-bond donors (Lipinski definition) is 1. The number of alkyl halides is 3. The van der Waals surface area contributed by atoms with E-state index in [-0.39, 0.29) is 33.9 Å². The van der Waals surface area contributed by atoms with Gasteiger partial charge in [-0.2, -0.15) is 23.4 Å². The summed E-state index contributed by atoms with van der Waals surface area (Å²) in [5.74, 6) is -2.22. The molecule has 0 saturated heterocycles. The van der Waals surface area contributed by atoms with E-state index < -0.39 is 43.8 Å². The van der Waals surface area contributed by atoms with Gasteiger partial charge in [-0.15, -0.1) is 0 Å². The van der Waals surface area contributed by atoms with Crippen LogP contribution in [0.25, 0.3) is 11.4 Å². The Labute approximate surface area is 186 Å². The summed E-state index contributed by atoms with van der Waals surface area (Å²) in [4.78, 5) is 24.6. The molecule has 176 valence electrons. The molecule has 0 bridgehead atoms. The number of hydrogen-bond acceptors (Lipinski definition) is 6. The number of sulfone groups is 1. The smallest absolute Gasteiger partial charge is 0.416 e. The molecule has 0 atom stereocenters. The maximum Gasteiger partial charge on any atom is 0.416 e. The Balaban J connectivity index is 2.35. The van der Waals surface area contributed by atoms with E-state index in [9.17, 15) is 36.3 Å². The molecule has 0 spiro atoms. The Morgan fingerprint density at radius 1 is 0.970 bits per heavy atom. The molecule has 0 fully saturated rings. The normalized spacial score (nSPS) is 12.2. The van der Waals surface area contributed by atoms with Crippen LogP contribution in [0.2, 0.25) is 0 Å². The van der Waals surface area contributed by atoms with Crippen LogP contribution in [0.1, 0.15) is 43.2 Å². The van der Waals surface area contributed by atoms with Crippen LogP contribution in [-0.2, 0) is 30.1 Å². The maximum absolute atomic E-state index is 13.5. The Morgan fingerprint density at radius 3 is 1.91 bits per heavy atom. The van der Waals surface area contributed by atoms with E-state index in [2.05, 4.69) is 10.2 Å². The van der Waals surface area contributed by atoms with Crippen molar-refractivity contribution in [1.29, 1.82) is 0 Å². The second-order valence-corrected chi connectivity index (χ2v) is 9.46. The van der Waals surface area contributed by atoms with E-state index in [1.807, 2.05) is 0 Å². The highest BCUT2D eigenvalue weighted by molar-refractivity contribution is 7.90. The fourth-order valence-electron chi connectivity index (χ4n) is 3.72. The number of carbonyl (C=O) groups is 2. The zero-order valence-corrected chi connectivity index (χ0v) is 19.0.